The van der Waals surface area contributed by atoms with E-state index >= 15 is 0 Å². The largest absolute Gasteiger partial charge is 0.487 e. The molecule has 2 aromatic heterocycles. The number of hydrogen-bond donors (Lipinski definition) is 1. The Kier molecular flexibility index (Phi) is 6.79. The number of aryl methyl sites for hydroxylation is 1. The molecule has 0 bridgehead atoms. The van der Waals surface area contributed by atoms with Gasteiger partial charge in [0, 0.05) is 24.7 Å². The van der Waals surface area contributed by atoms with Crippen molar-refractivity contribution in [2.24, 2.45) is 0 Å². The maximum absolute atomic E-state index is 12.9. The van der Waals surface area contributed by atoms with E-state index in [0.29, 0.717) is 36.0 Å². The summed E-state index contributed by atoms with van der Waals surface area (Å²) in [6, 6.07) is 15.1. The Hall–Kier alpha value is -3.68. The summed E-state index contributed by atoms with van der Waals surface area (Å²) in [6.45, 7) is 1.11. The lowest BCUT2D eigenvalue weighted by Gasteiger charge is -2.22. The minimum absolute atomic E-state index is 0.0152. The van der Waals surface area contributed by atoms with Crippen LogP contribution in [0.4, 0.5) is 0 Å². The van der Waals surface area contributed by atoms with E-state index in [2.05, 4.69) is 10.1 Å². The Morgan fingerprint density at radius 1 is 1.19 bits per heavy atom. The van der Waals surface area contributed by atoms with E-state index in [1.165, 1.54) is 0 Å². The maximum atomic E-state index is 12.9. The Morgan fingerprint density at radius 2 is 2.03 bits per heavy atom. The first-order valence-corrected chi connectivity index (χ1v) is 10.7. The topological polar surface area (TPSA) is 106 Å². The monoisotopic (exact) mass is 435 g/mol. The van der Waals surface area contributed by atoms with Gasteiger partial charge < -0.3 is 19.3 Å². The summed E-state index contributed by atoms with van der Waals surface area (Å²) in [5.74, 6) is 0.271. The van der Waals surface area contributed by atoms with Gasteiger partial charge in [0.05, 0.1) is 25.1 Å². The van der Waals surface area contributed by atoms with Gasteiger partial charge in [-0.1, -0.05) is 35.5 Å². The number of nitrogens with zero attached hydrogens (tertiary/aromatic N) is 3. The first kappa shape index (κ1) is 21.5. The molecule has 1 N–H and O–H groups in total. The molecular formula is C24H25N3O5. The second-order valence-electron chi connectivity index (χ2n) is 7.79. The number of benzene rings is 1. The van der Waals surface area contributed by atoms with Crippen LogP contribution in [0.3, 0.4) is 0 Å². The van der Waals surface area contributed by atoms with E-state index in [0.717, 1.165) is 18.4 Å². The quantitative estimate of drug-likeness (QED) is 0.548. The smallest absolute Gasteiger partial charge is 0.303 e. The first-order chi connectivity index (χ1) is 15.6. The van der Waals surface area contributed by atoms with Crippen LogP contribution >= 0.6 is 0 Å². The second-order valence-corrected chi connectivity index (χ2v) is 7.79. The molecule has 4 rings (SSSR count). The van der Waals surface area contributed by atoms with Crippen molar-refractivity contribution in [3.63, 3.8) is 0 Å². The number of ether oxygens (including phenoxy) is 1. The van der Waals surface area contributed by atoms with Crippen LogP contribution in [0.2, 0.25) is 0 Å². The number of aliphatic carboxylic acids is 1. The molecule has 1 aliphatic rings. The molecule has 166 valence electrons. The highest BCUT2D eigenvalue weighted by Crippen LogP contribution is 2.32. The summed E-state index contributed by atoms with van der Waals surface area (Å²) in [5, 5.41) is 12.9. The lowest BCUT2D eigenvalue weighted by molar-refractivity contribution is -0.137. The third kappa shape index (κ3) is 5.51. The highest BCUT2D eigenvalue weighted by atomic mass is 16.5. The van der Waals surface area contributed by atoms with Gasteiger partial charge in [0.1, 0.15) is 23.8 Å². The molecule has 0 saturated carbocycles. The van der Waals surface area contributed by atoms with E-state index in [9.17, 15) is 9.59 Å². The van der Waals surface area contributed by atoms with Gasteiger partial charge in [0.2, 0.25) is 5.91 Å². The van der Waals surface area contributed by atoms with Gasteiger partial charge >= 0.3 is 5.97 Å². The fourth-order valence-corrected chi connectivity index (χ4v) is 3.80. The van der Waals surface area contributed by atoms with Gasteiger partial charge in [-0.2, -0.15) is 0 Å². The molecule has 0 aliphatic carbocycles. The Balaban J connectivity index is 1.33. The van der Waals surface area contributed by atoms with E-state index in [4.69, 9.17) is 14.4 Å². The zero-order valence-corrected chi connectivity index (χ0v) is 17.6. The molecule has 3 aromatic rings. The van der Waals surface area contributed by atoms with Crippen molar-refractivity contribution in [1.82, 2.24) is 15.0 Å². The normalized spacial score (nSPS) is 15.6. The van der Waals surface area contributed by atoms with Crippen molar-refractivity contribution in [2.75, 3.05) is 6.54 Å². The zero-order chi connectivity index (χ0) is 22.3. The number of carbonyl (C=O) groups excluding carboxylic acids is 1. The molecule has 0 spiro atoms. The van der Waals surface area contributed by atoms with Crippen LogP contribution in [0.1, 0.15) is 48.0 Å². The molecule has 3 heterocycles. The van der Waals surface area contributed by atoms with Crippen molar-refractivity contribution < 1.29 is 24.0 Å². The predicted octanol–water partition coefficient (Wildman–Crippen LogP) is 3.57. The zero-order valence-electron chi connectivity index (χ0n) is 17.6. The number of amides is 1. The Bertz CT molecular complexity index is 1050. The van der Waals surface area contributed by atoms with Crippen molar-refractivity contribution in [3.05, 3.63) is 77.4 Å². The number of pyridine rings is 1. The average Bonchev–Trinajstić information content (AvgIpc) is 3.47. The molecule has 1 saturated heterocycles. The molecule has 1 fully saturated rings. The highest BCUT2D eigenvalue weighted by Gasteiger charge is 2.32. The maximum Gasteiger partial charge on any atom is 0.303 e. The summed E-state index contributed by atoms with van der Waals surface area (Å²) in [6.07, 6.45) is 3.78. The fraction of sp³-hybridized carbons (Fsp3) is 0.333. The third-order valence-corrected chi connectivity index (χ3v) is 5.46. The van der Waals surface area contributed by atoms with Crippen LogP contribution in [-0.4, -0.2) is 38.6 Å². The van der Waals surface area contributed by atoms with Crippen LogP contribution in [0.15, 0.2) is 59.3 Å². The molecular weight excluding hydrogens is 410 g/mol. The highest BCUT2D eigenvalue weighted by molar-refractivity contribution is 5.79. The number of hydrogen-bond acceptors (Lipinski definition) is 6. The molecule has 1 atom stereocenters. The fourth-order valence-electron chi connectivity index (χ4n) is 3.80. The van der Waals surface area contributed by atoms with Crippen LogP contribution in [0, 0.1) is 0 Å². The molecule has 1 amide bonds. The van der Waals surface area contributed by atoms with Gasteiger partial charge in [-0.15, -0.1) is 0 Å². The van der Waals surface area contributed by atoms with Gasteiger partial charge in [-0.3, -0.25) is 14.6 Å². The number of carbonyl (C=O) groups is 2. The number of carboxylic acids is 1. The van der Waals surface area contributed by atoms with Crippen LogP contribution in [-0.2, 0) is 29.0 Å². The van der Waals surface area contributed by atoms with Crippen LogP contribution in [0.25, 0.3) is 0 Å². The summed E-state index contributed by atoms with van der Waals surface area (Å²) in [4.78, 5) is 29.9. The molecule has 0 radical (unpaired) electrons. The third-order valence-electron chi connectivity index (χ3n) is 5.46. The number of likely N-dealkylation sites (tertiary alicyclic amines) is 1. The Labute approximate surface area is 185 Å². The van der Waals surface area contributed by atoms with Crippen molar-refractivity contribution >= 4 is 11.9 Å². The summed E-state index contributed by atoms with van der Waals surface area (Å²) in [7, 11) is 0. The number of carboxylic acid groups (broad SMARTS) is 1. The molecule has 1 aromatic carbocycles. The van der Waals surface area contributed by atoms with Crippen molar-refractivity contribution in [3.8, 4) is 5.75 Å². The van der Waals surface area contributed by atoms with Gasteiger partial charge in [-0.05, 0) is 30.5 Å². The van der Waals surface area contributed by atoms with Gasteiger partial charge in [0.15, 0.2) is 0 Å². The molecule has 32 heavy (non-hydrogen) atoms. The molecule has 1 unspecified atom stereocenters. The van der Waals surface area contributed by atoms with E-state index < -0.39 is 5.97 Å². The SMILES string of the molecule is O=C(O)CCc1cc(C2CCCN2C(=O)Cc2ccc(OCc3ccccc3)cn2)no1. The lowest BCUT2D eigenvalue weighted by atomic mass is 10.1. The van der Waals surface area contributed by atoms with Crippen LogP contribution < -0.4 is 4.74 Å². The van der Waals surface area contributed by atoms with Crippen molar-refractivity contribution in [1.29, 1.82) is 0 Å². The van der Waals surface area contributed by atoms with Crippen molar-refractivity contribution in [2.45, 2.75) is 44.8 Å². The molecule has 1 aliphatic heterocycles. The second kappa shape index (κ2) is 10.1. The summed E-state index contributed by atoms with van der Waals surface area (Å²) in [5.41, 5.74) is 2.43. The van der Waals surface area contributed by atoms with Gasteiger partial charge in [-0.25, -0.2) is 0 Å². The summed E-state index contributed by atoms with van der Waals surface area (Å²) < 4.78 is 11.0. The van der Waals surface area contributed by atoms with Gasteiger partial charge in [0.25, 0.3) is 0 Å². The Morgan fingerprint density at radius 3 is 2.78 bits per heavy atom. The predicted molar refractivity (Wildman–Crippen MR) is 115 cm³/mol. The van der Waals surface area contributed by atoms with Crippen LogP contribution in [0.5, 0.6) is 5.75 Å². The standard InChI is InChI=1S/C24H25N3O5/c28-23(13-18-8-9-20(15-25-18)31-16-17-5-2-1-3-6-17)27-12-4-7-22(27)21-14-19(32-26-21)10-11-24(29)30/h1-3,5-6,8-9,14-15,22H,4,7,10-13,16H2,(H,29,30). The van der Waals surface area contributed by atoms with E-state index in [1.807, 2.05) is 42.5 Å². The minimum atomic E-state index is -0.885. The first-order valence-electron chi connectivity index (χ1n) is 10.7. The lowest BCUT2D eigenvalue weighted by Crippen LogP contribution is -2.32. The minimum Gasteiger partial charge on any atom is -0.487 e. The average molecular weight is 435 g/mol. The molecule has 8 heteroatoms. The van der Waals surface area contributed by atoms with E-state index in [-0.39, 0.29) is 31.2 Å². The number of rotatable bonds is 9. The summed E-state index contributed by atoms with van der Waals surface area (Å²) >= 11 is 0. The molecule has 8 nitrogen and oxygen atoms in total. The van der Waals surface area contributed by atoms with E-state index in [1.54, 1.807) is 17.2 Å². The number of aromatic nitrogens is 2.